The number of methoxy groups -OCH3 is 1. The lowest BCUT2D eigenvalue weighted by Gasteiger charge is -2.30. The minimum Gasteiger partial charge on any atom is -0.381 e. The largest absolute Gasteiger partial charge is 0.381 e. The van der Waals surface area contributed by atoms with Gasteiger partial charge in [0, 0.05) is 44.7 Å². The molecule has 0 spiro atoms. The number of nitrogens with zero attached hydrogens (tertiary/aromatic N) is 1. The third-order valence-corrected chi connectivity index (χ3v) is 5.67. The van der Waals surface area contributed by atoms with Gasteiger partial charge in [-0.25, -0.2) is 8.42 Å². The Morgan fingerprint density at radius 2 is 2.10 bits per heavy atom. The third kappa shape index (κ3) is 4.06. The molecule has 1 aromatic rings. The summed E-state index contributed by atoms with van der Waals surface area (Å²) in [6, 6.07) is 2.08. The van der Waals surface area contributed by atoms with E-state index in [-0.39, 0.29) is 6.10 Å². The van der Waals surface area contributed by atoms with E-state index in [4.69, 9.17) is 4.74 Å². The molecule has 1 aliphatic heterocycles. The number of aromatic nitrogens is 1. The van der Waals surface area contributed by atoms with Crippen LogP contribution in [0.1, 0.15) is 32.4 Å². The summed E-state index contributed by atoms with van der Waals surface area (Å²) < 4.78 is 32.0. The van der Waals surface area contributed by atoms with Gasteiger partial charge in [-0.3, -0.25) is 0 Å². The summed E-state index contributed by atoms with van der Waals surface area (Å²) in [6.07, 6.45) is 3.26. The van der Waals surface area contributed by atoms with Crippen LogP contribution in [0.3, 0.4) is 0 Å². The van der Waals surface area contributed by atoms with E-state index in [2.05, 4.69) is 24.1 Å². The van der Waals surface area contributed by atoms with Crippen molar-refractivity contribution in [2.45, 2.75) is 50.3 Å². The van der Waals surface area contributed by atoms with Gasteiger partial charge >= 0.3 is 0 Å². The normalized spacial score (nSPS) is 18.5. The summed E-state index contributed by atoms with van der Waals surface area (Å²) in [5.41, 5.74) is 0.883. The Bertz CT molecular complexity index is 546. The van der Waals surface area contributed by atoms with E-state index in [1.165, 1.54) is 0 Å². The van der Waals surface area contributed by atoms with Crippen molar-refractivity contribution in [1.82, 2.24) is 14.6 Å². The van der Waals surface area contributed by atoms with Gasteiger partial charge in [0.05, 0.1) is 11.0 Å². The molecular formula is C14H25N3O3S. The van der Waals surface area contributed by atoms with Gasteiger partial charge in [0.1, 0.15) is 0 Å². The SMILES string of the molecule is COC1CCN(S(=O)(=O)c2c[nH]c(CNC(C)C)c2)CC1. The van der Waals surface area contributed by atoms with Gasteiger partial charge in [0.25, 0.3) is 0 Å². The number of hydrogen-bond acceptors (Lipinski definition) is 4. The quantitative estimate of drug-likeness (QED) is 0.830. The third-order valence-electron chi connectivity index (χ3n) is 3.79. The summed E-state index contributed by atoms with van der Waals surface area (Å²) in [7, 11) is -1.72. The van der Waals surface area contributed by atoms with E-state index in [1.54, 1.807) is 23.7 Å². The van der Waals surface area contributed by atoms with Crippen LogP contribution in [0.25, 0.3) is 0 Å². The highest BCUT2D eigenvalue weighted by molar-refractivity contribution is 7.89. The average molecular weight is 315 g/mol. The Balaban J connectivity index is 2.03. The molecule has 1 aliphatic rings. The van der Waals surface area contributed by atoms with Crippen LogP contribution < -0.4 is 5.32 Å². The fraction of sp³-hybridized carbons (Fsp3) is 0.714. The van der Waals surface area contributed by atoms with Crippen LogP contribution >= 0.6 is 0 Å². The van der Waals surface area contributed by atoms with E-state index in [9.17, 15) is 8.42 Å². The number of nitrogens with one attached hydrogen (secondary N) is 2. The molecule has 0 unspecified atom stereocenters. The van der Waals surface area contributed by atoms with Crippen molar-refractivity contribution in [3.05, 3.63) is 18.0 Å². The number of ether oxygens (including phenoxy) is 1. The number of rotatable bonds is 6. The highest BCUT2D eigenvalue weighted by atomic mass is 32.2. The minimum absolute atomic E-state index is 0.175. The lowest BCUT2D eigenvalue weighted by Crippen LogP contribution is -2.40. The minimum atomic E-state index is -3.39. The van der Waals surface area contributed by atoms with Crippen LogP contribution in [0.15, 0.2) is 17.2 Å². The molecular weight excluding hydrogens is 290 g/mol. The van der Waals surface area contributed by atoms with Crippen LogP contribution in [0.2, 0.25) is 0 Å². The van der Waals surface area contributed by atoms with Gasteiger partial charge in [-0.05, 0) is 18.9 Å². The molecule has 21 heavy (non-hydrogen) atoms. The molecule has 0 amide bonds. The second kappa shape index (κ2) is 6.91. The first kappa shape index (κ1) is 16.5. The van der Waals surface area contributed by atoms with Crippen molar-refractivity contribution in [2.75, 3.05) is 20.2 Å². The zero-order valence-corrected chi connectivity index (χ0v) is 13.7. The first-order valence-corrected chi connectivity index (χ1v) is 8.81. The van der Waals surface area contributed by atoms with Crippen molar-refractivity contribution in [2.24, 2.45) is 0 Å². The van der Waals surface area contributed by atoms with Crippen molar-refractivity contribution in [3.8, 4) is 0 Å². The van der Waals surface area contributed by atoms with E-state index in [0.717, 1.165) is 18.5 Å². The molecule has 0 saturated carbocycles. The average Bonchev–Trinajstić information content (AvgIpc) is 2.95. The Morgan fingerprint density at radius 3 is 2.67 bits per heavy atom. The highest BCUT2D eigenvalue weighted by Gasteiger charge is 2.29. The van der Waals surface area contributed by atoms with Crippen molar-refractivity contribution >= 4 is 10.0 Å². The van der Waals surface area contributed by atoms with Crippen LogP contribution in [0.5, 0.6) is 0 Å². The van der Waals surface area contributed by atoms with Gasteiger partial charge in [0.15, 0.2) is 0 Å². The van der Waals surface area contributed by atoms with Gasteiger partial charge in [-0.1, -0.05) is 13.8 Å². The fourth-order valence-corrected chi connectivity index (χ4v) is 3.93. The Labute approximate surface area is 126 Å². The summed E-state index contributed by atoms with van der Waals surface area (Å²) in [6.45, 7) is 5.79. The smallest absolute Gasteiger partial charge is 0.244 e. The van der Waals surface area contributed by atoms with Crippen molar-refractivity contribution in [3.63, 3.8) is 0 Å². The van der Waals surface area contributed by atoms with Crippen molar-refractivity contribution < 1.29 is 13.2 Å². The maximum Gasteiger partial charge on any atom is 0.244 e. The molecule has 0 aromatic carbocycles. The van der Waals surface area contributed by atoms with Crippen molar-refractivity contribution in [1.29, 1.82) is 0 Å². The molecule has 1 saturated heterocycles. The van der Waals surface area contributed by atoms with Gasteiger partial charge in [-0.2, -0.15) is 4.31 Å². The van der Waals surface area contributed by atoms with E-state index < -0.39 is 10.0 Å². The fourth-order valence-electron chi connectivity index (χ4n) is 2.44. The molecule has 2 heterocycles. The van der Waals surface area contributed by atoms with Gasteiger partial charge in [0.2, 0.25) is 10.0 Å². The molecule has 2 rings (SSSR count). The summed E-state index contributed by atoms with van der Waals surface area (Å²) in [5, 5.41) is 3.26. The predicted molar refractivity (Wildman–Crippen MR) is 81.6 cm³/mol. The van der Waals surface area contributed by atoms with Crippen LogP contribution in [-0.2, 0) is 21.3 Å². The maximum absolute atomic E-state index is 12.6. The molecule has 6 nitrogen and oxygen atoms in total. The zero-order valence-electron chi connectivity index (χ0n) is 12.9. The lowest BCUT2D eigenvalue weighted by atomic mass is 10.1. The highest BCUT2D eigenvalue weighted by Crippen LogP contribution is 2.22. The van der Waals surface area contributed by atoms with E-state index in [1.807, 2.05) is 0 Å². The molecule has 0 radical (unpaired) electrons. The second-order valence-electron chi connectivity index (χ2n) is 5.74. The Morgan fingerprint density at radius 1 is 1.43 bits per heavy atom. The van der Waals surface area contributed by atoms with Crippen LogP contribution in [0.4, 0.5) is 0 Å². The monoisotopic (exact) mass is 315 g/mol. The molecule has 2 N–H and O–H groups in total. The number of sulfonamides is 1. The first-order valence-electron chi connectivity index (χ1n) is 7.37. The van der Waals surface area contributed by atoms with Crippen LogP contribution in [-0.4, -0.2) is 50.1 Å². The van der Waals surface area contributed by atoms with Gasteiger partial charge in [-0.15, -0.1) is 0 Å². The molecule has 0 aliphatic carbocycles. The molecule has 1 fully saturated rings. The summed E-state index contributed by atoms with van der Waals surface area (Å²) >= 11 is 0. The predicted octanol–water partition coefficient (Wildman–Crippen LogP) is 1.31. The molecule has 1 aromatic heterocycles. The lowest BCUT2D eigenvalue weighted by molar-refractivity contribution is 0.0604. The molecule has 0 atom stereocenters. The molecule has 0 bridgehead atoms. The maximum atomic E-state index is 12.6. The number of hydrogen-bond donors (Lipinski definition) is 2. The molecule has 7 heteroatoms. The standard InChI is InChI=1S/C14H25N3O3S/c1-11(2)15-9-12-8-14(10-16-12)21(18,19)17-6-4-13(20-3)5-7-17/h8,10-11,13,15-16H,4-7,9H2,1-3H3. The van der Waals surface area contributed by atoms with Gasteiger partial charge < -0.3 is 15.0 Å². The Hall–Kier alpha value is -0.890. The number of aromatic amines is 1. The summed E-state index contributed by atoms with van der Waals surface area (Å²) in [4.78, 5) is 3.38. The van der Waals surface area contributed by atoms with E-state index in [0.29, 0.717) is 30.6 Å². The first-order chi connectivity index (χ1) is 9.93. The van der Waals surface area contributed by atoms with Crippen LogP contribution in [0, 0.1) is 0 Å². The molecule has 120 valence electrons. The number of H-pyrrole nitrogens is 1. The Kier molecular flexibility index (Phi) is 5.43. The van der Waals surface area contributed by atoms with E-state index >= 15 is 0 Å². The topological polar surface area (TPSA) is 74.4 Å². The second-order valence-corrected chi connectivity index (χ2v) is 7.67. The number of piperidine rings is 1. The summed E-state index contributed by atoms with van der Waals surface area (Å²) in [5.74, 6) is 0. The zero-order chi connectivity index (χ0) is 15.5.